The van der Waals surface area contributed by atoms with Gasteiger partial charge in [-0.2, -0.15) is 0 Å². The van der Waals surface area contributed by atoms with Crippen molar-refractivity contribution in [1.82, 2.24) is 0 Å². The Morgan fingerprint density at radius 2 is 1.80 bits per heavy atom. The molecule has 1 unspecified atom stereocenters. The van der Waals surface area contributed by atoms with Crippen LogP contribution in [0.5, 0.6) is 0 Å². The number of para-hydroxylation sites is 1. The summed E-state index contributed by atoms with van der Waals surface area (Å²) in [6.45, 7) is 0. The lowest BCUT2D eigenvalue weighted by Crippen LogP contribution is -2.23. The van der Waals surface area contributed by atoms with Crippen LogP contribution in [0.15, 0.2) is 76.4 Å². The molecular weight excluding hydrogens is 364 g/mol. The Bertz CT molecular complexity index is 1020. The van der Waals surface area contributed by atoms with Gasteiger partial charge >= 0.3 is 0 Å². The Hall–Kier alpha value is -2.46. The molecular formula is C16H14N2O5S2. The molecule has 0 aliphatic rings. The van der Waals surface area contributed by atoms with Gasteiger partial charge in [0.2, 0.25) is 10.0 Å². The lowest BCUT2D eigenvalue weighted by Gasteiger charge is -2.22. The summed E-state index contributed by atoms with van der Waals surface area (Å²) < 4.78 is 51.4. The van der Waals surface area contributed by atoms with Gasteiger partial charge in [-0.25, -0.2) is 22.1 Å². The zero-order valence-corrected chi connectivity index (χ0v) is 14.4. The molecule has 2 aromatic carbocycles. The van der Waals surface area contributed by atoms with Crippen molar-refractivity contribution in [3.05, 3.63) is 67.1 Å². The fraction of sp³-hybridized carbons (Fsp3) is 0. The first-order valence-corrected chi connectivity index (χ1v) is 9.64. The summed E-state index contributed by atoms with van der Waals surface area (Å²) >= 11 is -2.52. The van der Waals surface area contributed by atoms with Crippen molar-refractivity contribution < 1.29 is 21.6 Å². The molecule has 3 aromatic rings. The standard InChI is InChI=1S/C16H14N2O5S2/c17-25(21,22)16-7-2-1-6-15(16)18(24(19)20)14-5-3-4-12(10-14)13-8-9-23-11-13/h1-11H,(H,19,20)(H2,17,21,22). The summed E-state index contributed by atoms with van der Waals surface area (Å²) in [5, 5.41) is 5.23. The fourth-order valence-electron chi connectivity index (χ4n) is 2.42. The SMILES string of the molecule is NS(=O)(=O)c1ccccc1N(c1cccc(-c2ccoc2)c1)S(=O)O. The fourth-order valence-corrected chi connectivity index (χ4v) is 3.82. The third kappa shape index (κ3) is 3.64. The van der Waals surface area contributed by atoms with Crippen LogP contribution in [0.1, 0.15) is 0 Å². The van der Waals surface area contributed by atoms with Crippen LogP contribution in [-0.4, -0.2) is 17.2 Å². The maximum atomic E-state index is 12.0. The van der Waals surface area contributed by atoms with E-state index < -0.39 is 21.3 Å². The van der Waals surface area contributed by atoms with Gasteiger partial charge in [-0.1, -0.05) is 24.3 Å². The highest BCUT2D eigenvalue weighted by Gasteiger charge is 2.23. The summed E-state index contributed by atoms with van der Waals surface area (Å²) in [7, 11) is -4.08. The van der Waals surface area contributed by atoms with E-state index in [-0.39, 0.29) is 10.6 Å². The minimum Gasteiger partial charge on any atom is -0.472 e. The molecule has 1 heterocycles. The zero-order chi connectivity index (χ0) is 18.0. The summed E-state index contributed by atoms with van der Waals surface area (Å²) in [6, 6.07) is 14.2. The second kappa shape index (κ2) is 6.81. The number of benzene rings is 2. The van der Waals surface area contributed by atoms with Crippen molar-refractivity contribution >= 4 is 32.7 Å². The molecule has 0 spiro atoms. The molecule has 3 rings (SSSR count). The molecule has 0 radical (unpaired) electrons. The van der Waals surface area contributed by atoms with E-state index in [1.165, 1.54) is 30.7 Å². The zero-order valence-electron chi connectivity index (χ0n) is 12.8. The van der Waals surface area contributed by atoms with Gasteiger partial charge in [0.05, 0.1) is 23.9 Å². The van der Waals surface area contributed by atoms with Gasteiger partial charge in [-0.05, 0) is 35.9 Å². The second-order valence-corrected chi connectivity index (χ2v) is 7.46. The van der Waals surface area contributed by atoms with E-state index in [4.69, 9.17) is 9.56 Å². The number of nitrogens with zero attached hydrogens (tertiary/aromatic N) is 1. The van der Waals surface area contributed by atoms with E-state index in [0.29, 0.717) is 5.69 Å². The Labute approximate surface area is 147 Å². The maximum absolute atomic E-state index is 12.0. The third-order valence-electron chi connectivity index (χ3n) is 3.48. The predicted molar refractivity (Wildman–Crippen MR) is 94.9 cm³/mol. The molecule has 0 bridgehead atoms. The van der Waals surface area contributed by atoms with Crippen LogP contribution in [0.3, 0.4) is 0 Å². The minimum absolute atomic E-state index is 0.00942. The average molecular weight is 378 g/mol. The quantitative estimate of drug-likeness (QED) is 0.663. The summed E-state index contributed by atoms with van der Waals surface area (Å²) in [5.74, 6) is 0. The van der Waals surface area contributed by atoms with Crippen molar-refractivity contribution in [2.45, 2.75) is 4.90 Å². The van der Waals surface area contributed by atoms with Gasteiger partial charge < -0.3 is 4.42 Å². The average Bonchev–Trinajstić information content (AvgIpc) is 3.09. The van der Waals surface area contributed by atoms with Gasteiger partial charge in [0.1, 0.15) is 4.90 Å². The molecule has 0 aliphatic carbocycles. The molecule has 0 fully saturated rings. The Kier molecular flexibility index (Phi) is 4.73. The van der Waals surface area contributed by atoms with Crippen molar-refractivity contribution in [1.29, 1.82) is 0 Å². The first-order chi connectivity index (χ1) is 11.9. The molecule has 3 N–H and O–H groups in total. The summed E-state index contributed by atoms with van der Waals surface area (Å²) in [5.41, 5.74) is 1.87. The van der Waals surface area contributed by atoms with Gasteiger partial charge in [0.15, 0.2) is 0 Å². The maximum Gasteiger partial charge on any atom is 0.266 e. The van der Waals surface area contributed by atoms with Crippen LogP contribution in [0.25, 0.3) is 11.1 Å². The highest BCUT2D eigenvalue weighted by Crippen LogP contribution is 2.34. The molecule has 7 nitrogen and oxygen atoms in total. The first-order valence-electron chi connectivity index (χ1n) is 7.03. The van der Waals surface area contributed by atoms with E-state index >= 15 is 0 Å². The highest BCUT2D eigenvalue weighted by molar-refractivity contribution is 7.89. The van der Waals surface area contributed by atoms with Crippen LogP contribution >= 0.6 is 0 Å². The molecule has 9 heteroatoms. The number of furan rings is 1. The number of nitrogens with two attached hydrogens (primary N) is 1. The van der Waals surface area contributed by atoms with Crippen LogP contribution in [0.4, 0.5) is 11.4 Å². The monoisotopic (exact) mass is 378 g/mol. The number of hydrogen-bond donors (Lipinski definition) is 2. The Morgan fingerprint density at radius 1 is 1.04 bits per heavy atom. The number of sulfonamides is 1. The van der Waals surface area contributed by atoms with Crippen LogP contribution in [0.2, 0.25) is 0 Å². The van der Waals surface area contributed by atoms with E-state index in [1.54, 1.807) is 36.4 Å². The second-order valence-electron chi connectivity index (χ2n) is 5.10. The van der Waals surface area contributed by atoms with Crippen molar-refractivity contribution in [3.8, 4) is 11.1 Å². The molecule has 0 saturated carbocycles. The summed E-state index contributed by atoms with van der Waals surface area (Å²) in [4.78, 5) is -0.244. The van der Waals surface area contributed by atoms with E-state index in [2.05, 4.69) is 0 Å². The van der Waals surface area contributed by atoms with Gasteiger partial charge in [-0.3, -0.25) is 4.55 Å². The normalized spacial score (nSPS) is 12.7. The van der Waals surface area contributed by atoms with E-state index in [1.807, 2.05) is 0 Å². The molecule has 25 heavy (non-hydrogen) atoms. The Morgan fingerprint density at radius 3 is 2.44 bits per heavy atom. The number of primary sulfonamides is 1. The molecule has 0 saturated heterocycles. The molecule has 0 aliphatic heterocycles. The third-order valence-corrected chi connectivity index (χ3v) is 5.16. The predicted octanol–water partition coefficient (Wildman–Crippen LogP) is 2.87. The van der Waals surface area contributed by atoms with Crippen molar-refractivity contribution in [2.75, 3.05) is 4.31 Å². The molecule has 0 amide bonds. The van der Waals surface area contributed by atoms with Crippen molar-refractivity contribution in [2.24, 2.45) is 5.14 Å². The van der Waals surface area contributed by atoms with Gasteiger partial charge in [0, 0.05) is 5.56 Å². The van der Waals surface area contributed by atoms with Crippen molar-refractivity contribution in [3.63, 3.8) is 0 Å². The number of anilines is 2. The van der Waals surface area contributed by atoms with Crippen LogP contribution in [-0.2, 0) is 21.3 Å². The highest BCUT2D eigenvalue weighted by atomic mass is 32.2. The van der Waals surface area contributed by atoms with Gasteiger partial charge in [0.25, 0.3) is 11.3 Å². The van der Waals surface area contributed by atoms with Crippen LogP contribution < -0.4 is 9.44 Å². The van der Waals surface area contributed by atoms with E-state index in [0.717, 1.165) is 15.4 Å². The van der Waals surface area contributed by atoms with Crippen LogP contribution in [0, 0.1) is 0 Å². The smallest absolute Gasteiger partial charge is 0.266 e. The molecule has 130 valence electrons. The number of hydrogen-bond acceptors (Lipinski definition) is 4. The topological polar surface area (TPSA) is 114 Å². The Balaban J connectivity index is 2.17. The van der Waals surface area contributed by atoms with E-state index in [9.17, 15) is 17.2 Å². The largest absolute Gasteiger partial charge is 0.472 e. The lowest BCUT2D eigenvalue weighted by molar-refractivity contribution is 0.564. The molecule has 1 atom stereocenters. The molecule has 1 aromatic heterocycles. The summed E-state index contributed by atoms with van der Waals surface area (Å²) in [6.07, 6.45) is 3.05. The first kappa shape index (κ1) is 17.4. The minimum atomic E-state index is -4.08. The van der Waals surface area contributed by atoms with Gasteiger partial charge in [-0.15, -0.1) is 0 Å². The lowest BCUT2D eigenvalue weighted by atomic mass is 10.1. The number of rotatable bonds is 5.